The number of benzene rings is 2. The molecule has 0 radical (unpaired) electrons. The first-order valence-corrected chi connectivity index (χ1v) is 9.36. The van der Waals surface area contributed by atoms with Gasteiger partial charge in [0.15, 0.2) is 0 Å². The van der Waals surface area contributed by atoms with Crippen LogP contribution in [0, 0.1) is 0 Å². The largest absolute Gasteiger partial charge is 0.462 e. The SMILES string of the molecule is CCOC(=O)c1ccc(NC(=O)c2ccnc(Nc3ccc(CC)cc3)n2)cc1. The fourth-order valence-electron chi connectivity index (χ4n) is 2.60. The van der Waals surface area contributed by atoms with E-state index in [0.29, 0.717) is 23.8 Å². The molecule has 2 N–H and O–H groups in total. The standard InChI is InChI=1S/C22H22N4O3/c1-3-15-5-9-18(10-6-15)25-22-23-14-13-19(26-22)20(27)24-17-11-7-16(8-12-17)21(28)29-4-2/h5-14H,3-4H2,1-2H3,(H,24,27)(H,23,25,26). The van der Waals surface area contributed by atoms with E-state index in [4.69, 9.17) is 4.74 Å². The first-order valence-electron chi connectivity index (χ1n) is 9.36. The van der Waals surface area contributed by atoms with E-state index in [1.165, 1.54) is 17.8 Å². The van der Waals surface area contributed by atoms with Gasteiger partial charge in [0.1, 0.15) is 5.69 Å². The number of ether oxygens (including phenoxy) is 1. The van der Waals surface area contributed by atoms with Crippen LogP contribution < -0.4 is 10.6 Å². The monoisotopic (exact) mass is 390 g/mol. The Hall–Kier alpha value is -3.74. The van der Waals surface area contributed by atoms with Gasteiger partial charge in [-0.3, -0.25) is 4.79 Å². The molecule has 0 aliphatic heterocycles. The van der Waals surface area contributed by atoms with Gasteiger partial charge in [-0.15, -0.1) is 0 Å². The zero-order chi connectivity index (χ0) is 20.6. The Morgan fingerprint density at radius 1 is 0.931 bits per heavy atom. The van der Waals surface area contributed by atoms with Crippen LogP contribution in [0.2, 0.25) is 0 Å². The molecule has 7 nitrogen and oxygen atoms in total. The van der Waals surface area contributed by atoms with Gasteiger partial charge in [0.2, 0.25) is 5.95 Å². The van der Waals surface area contributed by atoms with E-state index in [1.54, 1.807) is 31.2 Å². The highest BCUT2D eigenvalue weighted by atomic mass is 16.5. The number of amides is 1. The third-order valence-corrected chi connectivity index (χ3v) is 4.16. The van der Waals surface area contributed by atoms with Crippen LogP contribution in [0.5, 0.6) is 0 Å². The predicted octanol–water partition coefficient (Wildman–Crippen LogP) is 4.21. The molecule has 29 heavy (non-hydrogen) atoms. The number of nitrogens with zero attached hydrogens (tertiary/aromatic N) is 2. The highest BCUT2D eigenvalue weighted by molar-refractivity contribution is 6.03. The van der Waals surface area contributed by atoms with Gasteiger partial charge in [0.05, 0.1) is 12.2 Å². The van der Waals surface area contributed by atoms with Crippen molar-refractivity contribution in [2.75, 3.05) is 17.2 Å². The summed E-state index contributed by atoms with van der Waals surface area (Å²) in [4.78, 5) is 32.6. The van der Waals surface area contributed by atoms with E-state index in [9.17, 15) is 9.59 Å². The lowest BCUT2D eigenvalue weighted by Crippen LogP contribution is -2.15. The lowest BCUT2D eigenvalue weighted by Gasteiger charge is -2.08. The summed E-state index contributed by atoms with van der Waals surface area (Å²) in [6.07, 6.45) is 2.49. The number of rotatable bonds is 7. The highest BCUT2D eigenvalue weighted by Crippen LogP contribution is 2.15. The topological polar surface area (TPSA) is 93.2 Å². The van der Waals surface area contributed by atoms with Crippen molar-refractivity contribution in [1.29, 1.82) is 0 Å². The summed E-state index contributed by atoms with van der Waals surface area (Å²) in [5.74, 6) is -0.441. The fourth-order valence-corrected chi connectivity index (χ4v) is 2.60. The summed E-state index contributed by atoms with van der Waals surface area (Å²) < 4.78 is 4.94. The summed E-state index contributed by atoms with van der Waals surface area (Å²) in [5.41, 5.74) is 3.27. The molecule has 0 fully saturated rings. The van der Waals surface area contributed by atoms with E-state index < -0.39 is 5.97 Å². The number of nitrogens with one attached hydrogen (secondary N) is 2. The summed E-state index contributed by atoms with van der Waals surface area (Å²) in [6.45, 7) is 4.15. The van der Waals surface area contributed by atoms with Gasteiger partial charge >= 0.3 is 5.97 Å². The maximum absolute atomic E-state index is 12.5. The van der Waals surface area contributed by atoms with Crippen molar-refractivity contribution in [3.05, 3.63) is 77.6 Å². The molecule has 0 spiro atoms. The molecule has 7 heteroatoms. The summed E-state index contributed by atoms with van der Waals surface area (Å²) >= 11 is 0. The molecule has 0 saturated carbocycles. The first-order chi connectivity index (χ1) is 14.1. The van der Waals surface area contributed by atoms with Crippen LogP contribution in [-0.2, 0) is 11.2 Å². The fraction of sp³-hybridized carbons (Fsp3) is 0.182. The second-order valence-electron chi connectivity index (χ2n) is 6.19. The second kappa shape index (κ2) is 9.45. The summed E-state index contributed by atoms with van der Waals surface area (Å²) in [7, 11) is 0. The van der Waals surface area contributed by atoms with Crippen LogP contribution in [0.25, 0.3) is 0 Å². The molecular weight excluding hydrogens is 368 g/mol. The molecule has 0 aliphatic rings. The Kier molecular flexibility index (Phi) is 6.52. The smallest absolute Gasteiger partial charge is 0.338 e. The first kappa shape index (κ1) is 20.0. The second-order valence-corrected chi connectivity index (χ2v) is 6.19. The molecule has 0 bridgehead atoms. The molecule has 0 aliphatic carbocycles. The summed E-state index contributed by atoms with van der Waals surface area (Å²) in [5, 5.41) is 5.85. The third kappa shape index (κ3) is 5.38. The molecule has 0 saturated heterocycles. The van der Waals surface area contributed by atoms with Crippen LogP contribution >= 0.6 is 0 Å². The number of anilines is 3. The van der Waals surface area contributed by atoms with E-state index in [1.807, 2.05) is 24.3 Å². The average Bonchev–Trinajstić information content (AvgIpc) is 2.75. The molecule has 1 heterocycles. The van der Waals surface area contributed by atoms with Gasteiger partial charge < -0.3 is 15.4 Å². The van der Waals surface area contributed by atoms with Gasteiger partial charge in [-0.2, -0.15) is 0 Å². The Morgan fingerprint density at radius 3 is 2.28 bits per heavy atom. The van der Waals surface area contributed by atoms with E-state index in [0.717, 1.165) is 12.1 Å². The lowest BCUT2D eigenvalue weighted by molar-refractivity contribution is 0.0526. The van der Waals surface area contributed by atoms with E-state index in [-0.39, 0.29) is 11.6 Å². The molecule has 2 aromatic carbocycles. The minimum atomic E-state index is -0.399. The van der Waals surface area contributed by atoms with Gasteiger partial charge in [0, 0.05) is 17.6 Å². The predicted molar refractivity (Wildman–Crippen MR) is 111 cm³/mol. The number of aromatic nitrogens is 2. The summed E-state index contributed by atoms with van der Waals surface area (Å²) in [6, 6.07) is 16.0. The Balaban J connectivity index is 1.66. The number of esters is 1. The number of carbonyl (C=O) groups is 2. The van der Waals surface area contributed by atoms with Gasteiger partial charge in [-0.1, -0.05) is 19.1 Å². The maximum Gasteiger partial charge on any atom is 0.338 e. The van der Waals surface area contributed by atoms with Crippen LogP contribution in [0.15, 0.2) is 60.8 Å². The van der Waals surface area contributed by atoms with Crippen LogP contribution in [0.3, 0.4) is 0 Å². The highest BCUT2D eigenvalue weighted by Gasteiger charge is 2.11. The molecule has 0 atom stereocenters. The molecule has 3 rings (SSSR count). The number of hydrogen-bond acceptors (Lipinski definition) is 6. The van der Waals surface area contributed by atoms with Crippen molar-refractivity contribution in [3.8, 4) is 0 Å². The van der Waals surface area contributed by atoms with E-state index in [2.05, 4.69) is 27.5 Å². The van der Waals surface area contributed by atoms with Crippen LogP contribution in [-0.4, -0.2) is 28.5 Å². The number of aryl methyl sites for hydroxylation is 1. The molecular formula is C22H22N4O3. The zero-order valence-electron chi connectivity index (χ0n) is 16.3. The van der Waals surface area contributed by atoms with Gasteiger partial charge in [-0.25, -0.2) is 14.8 Å². The van der Waals surface area contributed by atoms with E-state index >= 15 is 0 Å². The van der Waals surface area contributed by atoms with Crippen LogP contribution in [0.4, 0.5) is 17.3 Å². The van der Waals surface area contributed by atoms with Gasteiger partial charge in [0.25, 0.3) is 5.91 Å². The van der Waals surface area contributed by atoms with Crippen molar-refractivity contribution in [1.82, 2.24) is 9.97 Å². The van der Waals surface area contributed by atoms with Crippen molar-refractivity contribution >= 4 is 29.2 Å². The molecule has 1 aromatic heterocycles. The number of carbonyl (C=O) groups excluding carboxylic acids is 2. The minimum absolute atomic E-state index is 0.224. The number of hydrogen-bond donors (Lipinski definition) is 2. The average molecular weight is 390 g/mol. The van der Waals surface area contributed by atoms with Crippen molar-refractivity contribution < 1.29 is 14.3 Å². The molecule has 0 unspecified atom stereocenters. The lowest BCUT2D eigenvalue weighted by atomic mass is 10.1. The van der Waals surface area contributed by atoms with Crippen LogP contribution in [0.1, 0.15) is 40.3 Å². The minimum Gasteiger partial charge on any atom is -0.462 e. The van der Waals surface area contributed by atoms with Crippen molar-refractivity contribution in [2.24, 2.45) is 0 Å². The normalized spacial score (nSPS) is 10.3. The van der Waals surface area contributed by atoms with Crippen molar-refractivity contribution in [3.63, 3.8) is 0 Å². The molecule has 1 amide bonds. The van der Waals surface area contributed by atoms with Crippen molar-refractivity contribution in [2.45, 2.75) is 20.3 Å². The Labute approximate surface area is 169 Å². The molecule has 3 aromatic rings. The maximum atomic E-state index is 12.5. The Morgan fingerprint density at radius 2 is 1.62 bits per heavy atom. The Bertz CT molecular complexity index is 986. The molecule has 148 valence electrons. The van der Waals surface area contributed by atoms with Gasteiger partial charge in [-0.05, 0) is 61.4 Å². The quantitative estimate of drug-likeness (QED) is 0.587. The zero-order valence-corrected chi connectivity index (χ0v) is 16.3. The third-order valence-electron chi connectivity index (χ3n) is 4.16.